The second-order valence-corrected chi connectivity index (χ2v) is 7.14. The largest absolute Gasteiger partial charge is 0.376 e. The summed E-state index contributed by atoms with van der Waals surface area (Å²) in [7, 11) is 4.06. The molecule has 5 heteroatoms. The number of hydrogen-bond donors (Lipinski definition) is 0. The van der Waals surface area contributed by atoms with Gasteiger partial charge >= 0.3 is 0 Å². The standard InChI is InChI=1S/C18H34N2O3/c1-15(23-14-17-10-7-13-22-17)18(21)20(3)12-11-19(2)16-8-5-4-6-9-16/h15-17H,4-14H2,1-3H3. The van der Waals surface area contributed by atoms with Gasteiger partial charge < -0.3 is 19.3 Å². The highest BCUT2D eigenvalue weighted by atomic mass is 16.5. The average Bonchev–Trinajstić information content (AvgIpc) is 3.10. The zero-order valence-electron chi connectivity index (χ0n) is 15.1. The minimum Gasteiger partial charge on any atom is -0.376 e. The van der Waals surface area contributed by atoms with Gasteiger partial charge in [0.25, 0.3) is 5.91 Å². The van der Waals surface area contributed by atoms with Crippen LogP contribution in [0.4, 0.5) is 0 Å². The Bertz CT molecular complexity index is 352. The second kappa shape index (κ2) is 9.60. The van der Waals surface area contributed by atoms with Gasteiger partial charge in [0.1, 0.15) is 6.10 Å². The van der Waals surface area contributed by atoms with E-state index < -0.39 is 0 Å². The molecule has 0 aromatic rings. The molecule has 5 nitrogen and oxygen atoms in total. The molecule has 1 aliphatic carbocycles. The van der Waals surface area contributed by atoms with Crippen LogP contribution in [0.15, 0.2) is 0 Å². The maximum Gasteiger partial charge on any atom is 0.251 e. The molecule has 2 aliphatic rings. The van der Waals surface area contributed by atoms with Crippen molar-refractivity contribution < 1.29 is 14.3 Å². The van der Waals surface area contributed by atoms with Crippen molar-refractivity contribution in [3.63, 3.8) is 0 Å². The van der Waals surface area contributed by atoms with E-state index in [4.69, 9.17) is 9.47 Å². The molecule has 0 radical (unpaired) electrons. The van der Waals surface area contributed by atoms with Gasteiger partial charge in [0, 0.05) is 32.8 Å². The smallest absolute Gasteiger partial charge is 0.251 e. The highest BCUT2D eigenvalue weighted by Gasteiger charge is 2.23. The molecule has 0 aromatic heterocycles. The molecule has 23 heavy (non-hydrogen) atoms. The lowest BCUT2D eigenvalue weighted by molar-refractivity contribution is -0.143. The van der Waals surface area contributed by atoms with Crippen molar-refractivity contribution in [2.24, 2.45) is 0 Å². The fourth-order valence-electron chi connectivity index (χ4n) is 3.53. The molecule has 0 bridgehead atoms. The van der Waals surface area contributed by atoms with Crippen LogP contribution in [-0.4, -0.2) is 74.4 Å². The summed E-state index contributed by atoms with van der Waals surface area (Å²) < 4.78 is 11.2. The van der Waals surface area contributed by atoms with E-state index in [-0.39, 0.29) is 18.1 Å². The molecule has 1 amide bonds. The first-order valence-electron chi connectivity index (χ1n) is 9.26. The number of nitrogens with zero attached hydrogens (tertiary/aromatic N) is 2. The first kappa shape index (κ1) is 18.7. The van der Waals surface area contributed by atoms with Gasteiger partial charge in [-0.15, -0.1) is 0 Å². The summed E-state index contributed by atoms with van der Waals surface area (Å²) in [6.45, 7) is 4.90. The van der Waals surface area contributed by atoms with Crippen LogP contribution in [0, 0.1) is 0 Å². The maximum absolute atomic E-state index is 12.4. The van der Waals surface area contributed by atoms with E-state index in [9.17, 15) is 4.79 Å². The lowest BCUT2D eigenvalue weighted by Gasteiger charge is -2.32. The minimum absolute atomic E-state index is 0.0695. The van der Waals surface area contributed by atoms with Gasteiger partial charge in [-0.2, -0.15) is 0 Å². The molecule has 2 atom stereocenters. The number of carbonyl (C=O) groups is 1. The summed E-state index contributed by atoms with van der Waals surface area (Å²) in [4.78, 5) is 16.6. The Kier molecular flexibility index (Phi) is 7.80. The molecule has 0 aromatic carbocycles. The summed E-state index contributed by atoms with van der Waals surface area (Å²) in [6.07, 6.45) is 8.60. The molecule has 134 valence electrons. The maximum atomic E-state index is 12.4. The highest BCUT2D eigenvalue weighted by molar-refractivity contribution is 5.80. The van der Waals surface area contributed by atoms with E-state index >= 15 is 0 Å². The Morgan fingerprint density at radius 3 is 2.52 bits per heavy atom. The molecule has 2 unspecified atom stereocenters. The van der Waals surface area contributed by atoms with Gasteiger partial charge in [-0.05, 0) is 39.7 Å². The van der Waals surface area contributed by atoms with Crippen LogP contribution in [0.2, 0.25) is 0 Å². The second-order valence-electron chi connectivity index (χ2n) is 7.14. The Morgan fingerprint density at radius 2 is 1.87 bits per heavy atom. The Balaban J connectivity index is 1.64. The summed E-state index contributed by atoms with van der Waals surface area (Å²) in [5.74, 6) is 0.0695. The topological polar surface area (TPSA) is 42.0 Å². The van der Waals surface area contributed by atoms with Crippen molar-refractivity contribution in [2.75, 3.05) is 40.4 Å². The molecule has 0 N–H and O–H groups in total. The van der Waals surface area contributed by atoms with Crippen molar-refractivity contribution in [3.05, 3.63) is 0 Å². The Hall–Kier alpha value is -0.650. The summed E-state index contributed by atoms with van der Waals surface area (Å²) in [6, 6.07) is 0.695. The van der Waals surface area contributed by atoms with Crippen LogP contribution in [0.5, 0.6) is 0 Å². The van der Waals surface area contributed by atoms with Gasteiger partial charge in [0.15, 0.2) is 0 Å². The van der Waals surface area contributed by atoms with Gasteiger partial charge in [0.2, 0.25) is 0 Å². The zero-order chi connectivity index (χ0) is 16.7. The van der Waals surface area contributed by atoms with Gasteiger partial charge in [-0.1, -0.05) is 19.3 Å². The van der Waals surface area contributed by atoms with Crippen molar-refractivity contribution >= 4 is 5.91 Å². The minimum atomic E-state index is -0.385. The van der Waals surface area contributed by atoms with Gasteiger partial charge in [0.05, 0.1) is 12.7 Å². The molecular weight excluding hydrogens is 292 g/mol. The fraction of sp³-hybridized carbons (Fsp3) is 0.944. The number of likely N-dealkylation sites (N-methyl/N-ethyl adjacent to an activating group) is 2. The number of carbonyl (C=O) groups excluding carboxylic acids is 1. The van der Waals surface area contributed by atoms with Crippen molar-refractivity contribution in [2.45, 2.75) is 70.1 Å². The molecule has 1 saturated heterocycles. The van der Waals surface area contributed by atoms with Crippen LogP contribution >= 0.6 is 0 Å². The number of hydrogen-bond acceptors (Lipinski definition) is 4. The van der Waals surface area contributed by atoms with E-state index in [2.05, 4.69) is 11.9 Å². The molecule has 1 aliphatic heterocycles. The molecule has 2 rings (SSSR count). The van der Waals surface area contributed by atoms with Crippen LogP contribution in [0.3, 0.4) is 0 Å². The SMILES string of the molecule is CC(OCC1CCCO1)C(=O)N(C)CCN(C)C1CCCCC1. The van der Waals surface area contributed by atoms with Crippen LogP contribution in [0.1, 0.15) is 51.9 Å². The summed E-state index contributed by atoms with van der Waals surface area (Å²) in [5, 5.41) is 0. The lowest BCUT2D eigenvalue weighted by Crippen LogP contribution is -2.43. The zero-order valence-corrected chi connectivity index (χ0v) is 15.1. The van der Waals surface area contributed by atoms with Crippen molar-refractivity contribution in [1.82, 2.24) is 9.80 Å². The molecule has 1 saturated carbocycles. The first-order valence-corrected chi connectivity index (χ1v) is 9.26. The number of rotatable bonds is 8. The van der Waals surface area contributed by atoms with E-state index in [1.54, 1.807) is 4.90 Å². The molecular formula is C18H34N2O3. The summed E-state index contributed by atoms with van der Waals surface area (Å²) >= 11 is 0. The third-order valence-corrected chi connectivity index (χ3v) is 5.27. The monoisotopic (exact) mass is 326 g/mol. The van der Waals surface area contributed by atoms with Crippen LogP contribution < -0.4 is 0 Å². The van der Waals surface area contributed by atoms with Crippen LogP contribution in [0.25, 0.3) is 0 Å². The fourth-order valence-corrected chi connectivity index (χ4v) is 3.53. The quantitative estimate of drug-likeness (QED) is 0.686. The molecule has 2 fully saturated rings. The average molecular weight is 326 g/mol. The Labute approximate surface area is 141 Å². The molecule has 0 spiro atoms. The molecule has 1 heterocycles. The van der Waals surface area contributed by atoms with Crippen molar-refractivity contribution in [3.8, 4) is 0 Å². The van der Waals surface area contributed by atoms with Crippen LogP contribution in [-0.2, 0) is 14.3 Å². The van der Waals surface area contributed by atoms with E-state index in [0.29, 0.717) is 12.6 Å². The predicted octanol–water partition coefficient (Wildman–Crippen LogP) is 2.29. The van der Waals surface area contributed by atoms with E-state index in [0.717, 1.165) is 32.5 Å². The number of amides is 1. The first-order chi connectivity index (χ1) is 11.1. The number of ether oxygens (including phenoxy) is 2. The van der Waals surface area contributed by atoms with E-state index in [1.165, 1.54) is 32.1 Å². The van der Waals surface area contributed by atoms with Gasteiger partial charge in [-0.3, -0.25) is 4.79 Å². The highest BCUT2D eigenvalue weighted by Crippen LogP contribution is 2.21. The summed E-state index contributed by atoms with van der Waals surface area (Å²) in [5.41, 5.74) is 0. The van der Waals surface area contributed by atoms with Gasteiger partial charge in [-0.25, -0.2) is 0 Å². The predicted molar refractivity (Wildman–Crippen MR) is 91.5 cm³/mol. The Morgan fingerprint density at radius 1 is 1.13 bits per heavy atom. The van der Waals surface area contributed by atoms with E-state index in [1.807, 2.05) is 14.0 Å². The third-order valence-electron chi connectivity index (χ3n) is 5.27. The third kappa shape index (κ3) is 6.05. The van der Waals surface area contributed by atoms with Crippen molar-refractivity contribution in [1.29, 1.82) is 0 Å². The lowest BCUT2D eigenvalue weighted by atomic mass is 9.94. The normalized spacial score (nSPS) is 24.1.